The monoisotopic (exact) mass is 236 g/mol. The first-order valence-electron chi connectivity index (χ1n) is 5.13. The van der Waals surface area contributed by atoms with Crippen LogP contribution >= 0.6 is 12.1 Å². The zero-order valence-corrected chi connectivity index (χ0v) is 12.7. The molecule has 0 aliphatic carbocycles. The van der Waals surface area contributed by atoms with Crippen molar-refractivity contribution >= 4 is 26.7 Å². The van der Waals surface area contributed by atoms with Crippen molar-refractivity contribution in [3.63, 3.8) is 0 Å². The smallest absolute Gasteiger partial charge is 0.235 e. The highest BCUT2D eigenvalue weighted by Crippen LogP contribution is 2.30. The van der Waals surface area contributed by atoms with Crippen molar-refractivity contribution in [3.05, 3.63) is 0 Å². The van der Waals surface area contributed by atoms with Gasteiger partial charge in [-0.1, -0.05) is 33.0 Å². The summed E-state index contributed by atoms with van der Waals surface area (Å²) in [4.78, 5) is 0. The Balaban J connectivity index is 4.53. The highest BCUT2D eigenvalue weighted by molar-refractivity contribution is 8.21. The van der Waals surface area contributed by atoms with Gasteiger partial charge < -0.3 is 4.43 Å². The van der Waals surface area contributed by atoms with Gasteiger partial charge in [0.1, 0.15) is 0 Å². The van der Waals surface area contributed by atoms with E-state index in [4.69, 9.17) is 16.5 Å². The molecule has 0 aromatic heterocycles. The predicted octanol–water partition coefficient (Wildman–Crippen LogP) is 3.61. The van der Waals surface area contributed by atoms with Crippen molar-refractivity contribution in [1.29, 1.82) is 0 Å². The molecule has 0 fully saturated rings. The maximum atomic E-state index is 6.11. The average Bonchev–Trinajstić information content (AvgIpc) is 1.82. The van der Waals surface area contributed by atoms with Crippen molar-refractivity contribution in [3.8, 4) is 0 Å². The summed E-state index contributed by atoms with van der Waals surface area (Å²) in [6.45, 7) is 11.9. The van der Waals surface area contributed by atoms with Crippen LogP contribution in [0.15, 0.2) is 0 Å². The van der Waals surface area contributed by atoms with Gasteiger partial charge in [0.2, 0.25) is 6.98 Å². The van der Waals surface area contributed by atoms with E-state index in [2.05, 4.69) is 40.4 Å². The van der Waals surface area contributed by atoms with Gasteiger partial charge in [-0.2, -0.15) is 12.1 Å². The van der Waals surface area contributed by atoms with Crippen LogP contribution in [-0.4, -0.2) is 20.7 Å². The van der Waals surface area contributed by atoms with E-state index in [9.17, 15) is 0 Å². The Morgan fingerprint density at radius 1 is 1.23 bits per heavy atom. The van der Waals surface area contributed by atoms with Crippen LogP contribution in [0.2, 0.25) is 25.7 Å². The lowest BCUT2D eigenvalue weighted by atomic mass is 10.5. The van der Waals surface area contributed by atoms with Gasteiger partial charge >= 0.3 is 0 Å². The van der Waals surface area contributed by atoms with Crippen molar-refractivity contribution in [2.45, 2.75) is 59.0 Å². The maximum Gasteiger partial charge on any atom is 0.235 e. The Hall–Kier alpha value is 0.744. The molecule has 0 aliphatic rings. The van der Waals surface area contributed by atoms with Crippen molar-refractivity contribution < 1.29 is 4.43 Å². The third-order valence-electron chi connectivity index (χ3n) is 2.19. The van der Waals surface area contributed by atoms with Crippen LogP contribution in [0.5, 0.6) is 0 Å². The average molecular weight is 237 g/mol. The summed E-state index contributed by atoms with van der Waals surface area (Å²) in [5.41, 5.74) is 0. The summed E-state index contributed by atoms with van der Waals surface area (Å²) >= 11 is 4.90. The zero-order chi connectivity index (χ0) is 10.7. The Morgan fingerprint density at radius 3 is 1.92 bits per heavy atom. The van der Waals surface area contributed by atoms with E-state index in [1.165, 1.54) is 12.5 Å². The Bertz CT molecular complexity index is 156. The quantitative estimate of drug-likeness (QED) is 0.567. The Kier molecular flexibility index (Phi) is 5.29. The van der Waals surface area contributed by atoms with Crippen LogP contribution < -0.4 is 0 Å². The topological polar surface area (TPSA) is 9.23 Å². The fourth-order valence-corrected chi connectivity index (χ4v) is 10.1. The lowest BCUT2D eigenvalue weighted by Crippen LogP contribution is -2.56. The van der Waals surface area contributed by atoms with E-state index in [0.717, 1.165) is 0 Å². The van der Waals surface area contributed by atoms with Gasteiger partial charge in [-0.25, -0.2) is 0 Å². The fourth-order valence-electron chi connectivity index (χ4n) is 1.34. The van der Waals surface area contributed by atoms with Crippen LogP contribution in [0, 0.1) is 0 Å². The molecule has 0 saturated carbocycles. The van der Waals surface area contributed by atoms with Gasteiger partial charge in [0.15, 0.2) is 0 Å². The SMILES string of the molecule is CCC[Si](S)(OC(C)C)[Si](C)(C)C. The van der Waals surface area contributed by atoms with Gasteiger partial charge in [-0.05, 0) is 19.9 Å². The van der Waals surface area contributed by atoms with Gasteiger partial charge in [0, 0.05) is 6.10 Å². The minimum Gasteiger partial charge on any atom is -0.408 e. The molecule has 0 N–H and O–H groups in total. The molecule has 80 valence electrons. The molecule has 0 aromatic rings. The highest BCUT2D eigenvalue weighted by Gasteiger charge is 2.44. The van der Waals surface area contributed by atoms with Gasteiger partial charge in [0.05, 0.1) is 7.59 Å². The van der Waals surface area contributed by atoms with E-state index in [1.54, 1.807) is 0 Å². The third-order valence-corrected chi connectivity index (χ3v) is 21.7. The largest absolute Gasteiger partial charge is 0.408 e. The molecule has 1 unspecified atom stereocenters. The minimum atomic E-state index is -1.68. The van der Waals surface area contributed by atoms with Crippen LogP contribution in [0.4, 0.5) is 0 Å². The lowest BCUT2D eigenvalue weighted by molar-refractivity contribution is 0.245. The maximum absolute atomic E-state index is 6.11. The van der Waals surface area contributed by atoms with E-state index < -0.39 is 14.6 Å². The van der Waals surface area contributed by atoms with Gasteiger partial charge in [-0.3, -0.25) is 0 Å². The summed E-state index contributed by atoms with van der Waals surface area (Å²) < 4.78 is 6.11. The summed E-state index contributed by atoms with van der Waals surface area (Å²) in [5.74, 6) is 0. The first-order chi connectivity index (χ1) is 5.73. The molecule has 4 heteroatoms. The van der Waals surface area contributed by atoms with Crippen LogP contribution in [-0.2, 0) is 4.43 Å². The Labute approximate surface area is 90.2 Å². The summed E-state index contributed by atoms with van der Waals surface area (Å²) in [6.07, 6.45) is 1.54. The molecule has 0 spiro atoms. The second kappa shape index (κ2) is 5.00. The molecule has 0 rings (SSSR count). The molecular formula is C9H24OSSi2. The van der Waals surface area contributed by atoms with Crippen molar-refractivity contribution in [2.24, 2.45) is 0 Å². The second-order valence-electron chi connectivity index (χ2n) is 4.95. The van der Waals surface area contributed by atoms with Crippen molar-refractivity contribution in [2.75, 3.05) is 0 Å². The molecule has 0 radical (unpaired) electrons. The number of hydrogen-bond acceptors (Lipinski definition) is 2. The number of thiol groups is 1. The third kappa shape index (κ3) is 4.19. The van der Waals surface area contributed by atoms with E-state index in [1.807, 2.05) is 0 Å². The van der Waals surface area contributed by atoms with Gasteiger partial charge in [0.25, 0.3) is 0 Å². The fraction of sp³-hybridized carbons (Fsp3) is 1.00. The summed E-state index contributed by atoms with van der Waals surface area (Å²) in [7, 11) is -1.21. The first-order valence-corrected chi connectivity index (χ1v) is 13.0. The minimum absolute atomic E-state index is 0.336. The predicted molar refractivity (Wildman–Crippen MR) is 69.4 cm³/mol. The Morgan fingerprint density at radius 2 is 1.69 bits per heavy atom. The zero-order valence-electron chi connectivity index (χ0n) is 9.85. The standard InChI is InChI=1S/C9H24OSSi2/c1-7-8-13(11,10-9(2)3)12(4,5)6/h9,11H,7-8H2,1-6H3. The van der Waals surface area contributed by atoms with Gasteiger partial charge in [-0.15, -0.1) is 0 Å². The summed E-state index contributed by atoms with van der Waals surface area (Å²) in [5, 5.41) is 0. The first kappa shape index (κ1) is 13.7. The van der Waals surface area contributed by atoms with E-state index in [0.29, 0.717) is 6.10 Å². The number of rotatable bonds is 5. The van der Waals surface area contributed by atoms with E-state index in [-0.39, 0.29) is 0 Å². The van der Waals surface area contributed by atoms with Crippen LogP contribution in [0.25, 0.3) is 0 Å². The second-order valence-corrected chi connectivity index (χ2v) is 22.1. The van der Waals surface area contributed by atoms with Crippen LogP contribution in [0.1, 0.15) is 27.2 Å². The molecule has 1 nitrogen and oxygen atoms in total. The molecule has 0 aliphatic heterocycles. The molecule has 0 amide bonds. The molecular weight excluding hydrogens is 212 g/mol. The normalized spacial score (nSPS) is 17.5. The molecule has 13 heavy (non-hydrogen) atoms. The molecule has 0 saturated heterocycles. The number of hydrogen-bond donors (Lipinski definition) is 1. The molecule has 1 atom stereocenters. The lowest BCUT2D eigenvalue weighted by Gasteiger charge is -2.38. The molecule has 0 bridgehead atoms. The summed E-state index contributed by atoms with van der Waals surface area (Å²) in [6, 6.07) is 1.20. The molecule has 0 heterocycles. The highest BCUT2D eigenvalue weighted by atomic mass is 32.3. The molecule has 0 aromatic carbocycles. The van der Waals surface area contributed by atoms with E-state index >= 15 is 0 Å². The van der Waals surface area contributed by atoms with Crippen LogP contribution in [0.3, 0.4) is 0 Å². The van der Waals surface area contributed by atoms with Crippen molar-refractivity contribution in [1.82, 2.24) is 0 Å².